The maximum atomic E-state index is 11.6. The molecule has 31 heavy (non-hydrogen) atoms. The first kappa shape index (κ1) is 20.0. The van der Waals surface area contributed by atoms with Crippen LogP contribution in [0.3, 0.4) is 0 Å². The lowest BCUT2D eigenvalue weighted by Crippen LogP contribution is -2.04. The minimum absolute atomic E-state index is 0.254. The van der Waals surface area contributed by atoms with E-state index in [1.807, 2.05) is 36.4 Å². The second-order valence-electron chi connectivity index (χ2n) is 6.56. The highest BCUT2D eigenvalue weighted by molar-refractivity contribution is 6.08. The van der Waals surface area contributed by atoms with E-state index in [1.165, 1.54) is 7.11 Å². The van der Waals surface area contributed by atoms with Gasteiger partial charge in [-0.1, -0.05) is 31.4 Å². The summed E-state index contributed by atoms with van der Waals surface area (Å²) in [5.41, 5.74) is 2.98. The summed E-state index contributed by atoms with van der Waals surface area (Å²) < 4.78 is 21.9. The molecule has 6 nitrogen and oxygen atoms in total. The number of fused-ring (bicyclic) bond motifs is 3. The number of hydrogen-bond donors (Lipinski definition) is 0. The third-order valence-corrected chi connectivity index (χ3v) is 4.71. The van der Waals surface area contributed by atoms with E-state index in [9.17, 15) is 9.59 Å². The maximum Gasteiger partial charge on any atom is 0.335 e. The van der Waals surface area contributed by atoms with Crippen LogP contribution in [0.15, 0.2) is 84.3 Å². The van der Waals surface area contributed by atoms with E-state index in [0.29, 0.717) is 22.7 Å². The molecule has 4 rings (SSSR count). The van der Waals surface area contributed by atoms with E-state index >= 15 is 0 Å². The summed E-state index contributed by atoms with van der Waals surface area (Å²) in [6.45, 7) is 6.79. The number of carbonyl (C=O) groups excluding carboxylic acids is 2. The van der Waals surface area contributed by atoms with Gasteiger partial charge in [0.05, 0.1) is 7.11 Å². The Bertz CT molecular complexity index is 1330. The molecule has 154 valence electrons. The van der Waals surface area contributed by atoms with Gasteiger partial charge in [-0.3, -0.25) is 0 Å². The lowest BCUT2D eigenvalue weighted by Gasteiger charge is -2.07. The molecule has 0 radical (unpaired) electrons. The molecular weight excluding hydrogens is 396 g/mol. The zero-order valence-corrected chi connectivity index (χ0v) is 16.7. The van der Waals surface area contributed by atoms with Gasteiger partial charge in [-0.2, -0.15) is 0 Å². The third kappa shape index (κ3) is 3.79. The highest BCUT2D eigenvalue weighted by Crippen LogP contribution is 2.41. The smallest absolute Gasteiger partial charge is 0.335 e. The van der Waals surface area contributed by atoms with Crippen molar-refractivity contribution in [1.29, 1.82) is 0 Å². The fourth-order valence-corrected chi connectivity index (χ4v) is 3.27. The van der Waals surface area contributed by atoms with E-state index < -0.39 is 11.9 Å². The van der Waals surface area contributed by atoms with Crippen LogP contribution in [0.25, 0.3) is 33.1 Å². The van der Waals surface area contributed by atoms with Crippen molar-refractivity contribution in [3.05, 3.63) is 79.9 Å². The standard InChI is InChI=1S/C25H18O6/c1-4-22(26)29-17-9-6-15(7-10-17)16-8-11-18-19-12-13-20(30-23(27)5-2)25(28-3)24(19)31-21(18)14-16/h4-14H,1-2H2,3H3. The maximum absolute atomic E-state index is 11.6. The minimum atomic E-state index is -0.585. The molecule has 3 aromatic carbocycles. The van der Waals surface area contributed by atoms with E-state index in [-0.39, 0.29) is 5.75 Å². The van der Waals surface area contributed by atoms with Crippen molar-refractivity contribution in [2.75, 3.05) is 7.11 Å². The summed E-state index contributed by atoms with van der Waals surface area (Å²) in [4.78, 5) is 22.9. The molecule has 1 aromatic heterocycles. The topological polar surface area (TPSA) is 75.0 Å². The van der Waals surface area contributed by atoms with Gasteiger partial charge in [-0.15, -0.1) is 0 Å². The Morgan fingerprint density at radius 2 is 1.48 bits per heavy atom. The molecule has 4 aromatic rings. The van der Waals surface area contributed by atoms with Gasteiger partial charge in [-0.05, 0) is 47.5 Å². The summed E-state index contributed by atoms with van der Waals surface area (Å²) in [6, 6.07) is 16.4. The van der Waals surface area contributed by atoms with Crippen molar-refractivity contribution in [2.24, 2.45) is 0 Å². The molecule has 0 N–H and O–H groups in total. The molecule has 0 saturated heterocycles. The summed E-state index contributed by atoms with van der Waals surface area (Å²) >= 11 is 0. The number of hydrogen-bond acceptors (Lipinski definition) is 6. The molecule has 1 heterocycles. The zero-order valence-electron chi connectivity index (χ0n) is 16.7. The van der Waals surface area contributed by atoms with Crippen LogP contribution in [0, 0.1) is 0 Å². The fourth-order valence-electron chi connectivity index (χ4n) is 3.27. The summed E-state index contributed by atoms with van der Waals surface area (Å²) in [5, 5.41) is 1.73. The molecule has 0 aliphatic carbocycles. The molecular formula is C25H18O6. The molecule has 0 unspecified atom stereocenters. The first-order valence-electron chi connectivity index (χ1n) is 9.36. The first-order valence-corrected chi connectivity index (χ1v) is 9.36. The Labute approximate surface area is 177 Å². The van der Waals surface area contributed by atoms with Gasteiger partial charge in [0.25, 0.3) is 0 Å². The van der Waals surface area contributed by atoms with Crippen LogP contribution in [0.2, 0.25) is 0 Å². The SMILES string of the molecule is C=CC(=O)Oc1ccc(-c2ccc3c(c2)oc2c(OC)c(OC(=O)C=C)ccc23)cc1. The van der Waals surface area contributed by atoms with Crippen LogP contribution in [-0.2, 0) is 9.59 Å². The van der Waals surface area contributed by atoms with Gasteiger partial charge in [-0.25, -0.2) is 9.59 Å². The predicted octanol–water partition coefficient (Wildman–Crippen LogP) is 5.44. The molecule has 0 saturated carbocycles. The van der Waals surface area contributed by atoms with E-state index in [4.69, 9.17) is 18.6 Å². The molecule has 0 aliphatic rings. The van der Waals surface area contributed by atoms with Gasteiger partial charge in [0, 0.05) is 22.9 Å². The Hall–Kier alpha value is -4.32. The van der Waals surface area contributed by atoms with Crippen molar-refractivity contribution in [2.45, 2.75) is 0 Å². The number of methoxy groups -OCH3 is 1. The lowest BCUT2D eigenvalue weighted by molar-refractivity contribution is -0.129. The summed E-state index contributed by atoms with van der Waals surface area (Å²) in [5.74, 6) is -0.0747. The van der Waals surface area contributed by atoms with Gasteiger partial charge in [0.2, 0.25) is 5.75 Å². The molecule has 0 spiro atoms. The van der Waals surface area contributed by atoms with Crippen LogP contribution < -0.4 is 14.2 Å². The van der Waals surface area contributed by atoms with Gasteiger partial charge in [0.15, 0.2) is 11.3 Å². The number of esters is 2. The van der Waals surface area contributed by atoms with E-state index in [1.54, 1.807) is 18.2 Å². The van der Waals surface area contributed by atoms with Gasteiger partial charge < -0.3 is 18.6 Å². The zero-order chi connectivity index (χ0) is 22.0. The van der Waals surface area contributed by atoms with Crippen LogP contribution >= 0.6 is 0 Å². The second kappa shape index (κ2) is 8.20. The van der Waals surface area contributed by atoms with Crippen LogP contribution in [0.1, 0.15) is 0 Å². The van der Waals surface area contributed by atoms with Gasteiger partial charge >= 0.3 is 11.9 Å². The average molecular weight is 414 g/mol. The predicted molar refractivity (Wildman–Crippen MR) is 117 cm³/mol. The summed E-state index contributed by atoms with van der Waals surface area (Å²) in [6.07, 6.45) is 2.19. The Morgan fingerprint density at radius 3 is 2.16 bits per heavy atom. The lowest BCUT2D eigenvalue weighted by atomic mass is 10.0. The number of ether oxygens (including phenoxy) is 3. The number of rotatable bonds is 6. The monoisotopic (exact) mass is 414 g/mol. The van der Waals surface area contributed by atoms with E-state index in [2.05, 4.69) is 13.2 Å². The second-order valence-corrected chi connectivity index (χ2v) is 6.56. The molecule has 0 aliphatic heterocycles. The van der Waals surface area contributed by atoms with Crippen LogP contribution in [-0.4, -0.2) is 19.0 Å². The van der Waals surface area contributed by atoms with Crippen molar-refractivity contribution in [3.63, 3.8) is 0 Å². The molecule has 0 atom stereocenters. The Morgan fingerprint density at radius 1 is 0.839 bits per heavy atom. The fraction of sp³-hybridized carbons (Fsp3) is 0.0400. The summed E-state index contributed by atoms with van der Waals surface area (Å²) in [7, 11) is 1.49. The normalized spacial score (nSPS) is 10.6. The van der Waals surface area contributed by atoms with Crippen molar-refractivity contribution >= 4 is 33.9 Å². The van der Waals surface area contributed by atoms with Crippen LogP contribution in [0.4, 0.5) is 0 Å². The highest BCUT2D eigenvalue weighted by Gasteiger charge is 2.18. The minimum Gasteiger partial charge on any atom is -0.490 e. The van der Waals surface area contributed by atoms with Gasteiger partial charge in [0.1, 0.15) is 11.3 Å². The first-order chi connectivity index (χ1) is 15.0. The van der Waals surface area contributed by atoms with Crippen molar-refractivity contribution in [1.82, 2.24) is 0 Å². The Kier molecular flexibility index (Phi) is 5.28. The van der Waals surface area contributed by atoms with Crippen molar-refractivity contribution in [3.8, 4) is 28.4 Å². The highest BCUT2D eigenvalue weighted by atomic mass is 16.6. The number of carbonyl (C=O) groups is 2. The van der Waals surface area contributed by atoms with Crippen molar-refractivity contribution < 1.29 is 28.2 Å². The quantitative estimate of drug-likeness (QED) is 0.237. The molecule has 0 fully saturated rings. The largest absolute Gasteiger partial charge is 0.490 e. The Balaban J connectivity index is 1.74. The number of furan rings is 1. The number of benzene rings is 3. The average Bonchev–Trinajstić information content (AvgIpc) is 3.17. The third-order valence-electron chi connectivity index (χ3n) is 4.71. The molecule has 0 bridgehead atoms. The molecule has 6 heteroatoms. The van der Waals surface area contributed by atoms with E-state index in [0.717, 1.165) is 34.1 Å². The molecule has 0 amide bonds. The van der Waals surface area contributed by atoms with Crippen LogP contribution in [0.5, 0.6) is 17.2 Å².